The summed E-state index contributed by atoms with van der Waals surface area (Å²) in [6.07, 6.45) is 0. The normalized spacial score (nSPS) is 10.9. The van der Waals surface area contributed by atoms with Gasteiger partial charge < -0.3 is 14.2 Å². The first-order valence-electron chi connectivity index (χ1n) is 7.82. The van der Waals surface area contributed by atoms with Crippen molar-refractivity contribution in [1.29, 1.82) is 0 Å². The minimum absolute atomic E-state index is 0.627. The van der Waals surface area contributed by atoms with Crippen molar-refractivity contribution >= 4 is 16.3 Å². The Morgan fingerprint density at radius 1 is 0.808 bits per heavy atom. The van der Waals surface area contributed by atoms with Gasteiger partial charge in [-0.25, -0.2) is 0 Å². The molecule has 132 valence electrons. The third-order valence-electron chi connectivity index (χ3n) is 3.92. The van der Waals surface area contributed by atoms with E-state index in [4.69, 9.17) is 14.2 Å². The van der Waals surface area contributed by atoms with Crippen LogP contribution in [0.25, 0.3) is 26.9 Å². The lowest BCUT2D eigenvalue weighted by atomic mass is 10.2. The van der Waals surface area contributed by atoms with Crippen LogP contribution in [0.1, 0.15) is 0 Å². The summed E-state index contributed by atoms with van der Waals surface area (Å²) in [5, 5.41) is 14.0. The summed E-state index contributed by atoms with van der Waals surface area (Å²) in [6, 6.07) is 13.3. The molecule has 0 aliphatic carbocycles. The second-order valence-electron chi connectivity index (χ2n) is 5.46. The summed E-state index contributed by atoms with van der Waals surface area (Å²) >= 11 is 1.47. The first-order chi connectivity index (χ1) is 12.7. The van der Waals surface area contributed by atoms with E-state index in [0.717, 1.165) is 21.9 Å². The van der Waals surface area contributed by atoms with Crippen molar-refractivity contribution < 1.29 is 14.2 Å². The Kier molecular flexibility index (Phi) is 4.18. The Morgan fingerprint density at radius 3 is 2.19 bits per heavy atom. The molecule has 4 rings (SSSR count). The lowest BCUT2D eigenvalue weighted by Crippen LogP contribution is -1.94. The van der Waals surface area contributed by atoms with Crippen LogP contribution in [0.5, 0.6) is 17.2 Å². The number of benzene rings is 2. The molecule has 0 aliphatic heterocycles. The second kappa shape index (κ2) is 6.64. The summed E-state index contributed by atoms with van der Waals surface area (Å²) in [5.41, 5.74) is 1.78. The molecule has 0 unspecified atom stereocenters. The van der Waals surface area contributed by atoms with Gasteiger partial charge in [0, 0.05) is 17.2 Å². The summed E-state index contributed by atoms with van der Waals surface area (Å²) in [4.78, 5) is 0.708. The molecule has 2 aromatic heterocycles. The fourth-order valence-electron chi connectivity index (χ4n) is 2.61. The summed E-state index contributed by atoms with van der Waals surface area (Å²) in [6.45, 7) is 0. The highest BCUT2D eigenvalue weighted by molar-refractivity contribution is 7.19. The van der Waals surface area contributed by atoms with Gasteiger partial charge in [-0.2, -0.15) is 9.61 Å². The molecule has 8 heteroatoms. The van der Waals surface area contributed by atoms with E-state index in [1.54, 1.807) is 25.8 Å². The van der Waals surface area contributed by atoms with Gasteiger partial charge in [-0.15, -0.1) is 10.2 Å². The predicted molar refractivity (Wildman–Crippen MR) is 99.2 cm³/mol. The molecule has 0 spiro atoms. The lowest BCUT2D eigenvalue weighted by molar-refractivity contribution is 0.394. The van der Waals surface area contributed by atoms with Crippen LogP contribution in [0, 0.1) is 0 Å². The molecule has 0 radical (unpaired) electrons. The smallest absolute Gasteiger partial charge is 0.235 e. The topological polar surface area (TPSA) is 70.8 Å². The average Bonchev–Trinajstić information content (AvgIpc) is 3.28. The van der Waals surface area contributed by atoms with Crippen LogP contribution in [0.2, 0.25) is 0 Å². The van der Waals surface area contributed by atoms with Crippen LogP contribution < -0.4 is 14.2 Å². The van der Waals surface area contributed by atoms with Crippen molar-refractivity contribution in [2.24, 2.45) is 0 Å². The van der Waals surface area contributed by atoms with Crippen molar-refractivity contribution in [2.75, 3.05) is 21.3 Å². The van der Waals surface area contributed by atoms with E-state index in [1.807, 2.05) is 42.5 Å². The second-order valence-corrected chi connectivity index (χ2v) is 6.41. The maximum absolute atomic E-state index is 5.34. The third kappa shape index (κ3) is 2.84. The van der Waals surface area contributed by atoms with Gasteiger partial charge in [0.15, 0.2) is 5.82 Å². The molecule has 26 heavy (non-hydrogen) atoms. The monoisotopic (exact) mass is 368 g/mol. The quantitative estimate of drug-likeness (QED) is 0.537. The average molecular weight is 368 g/mol. The zero-order chi connectivity index (χ0) is 18.1. The van der Waals surface area contributed by atoms with Gasteiger partial charge in [0.1, 0.15) is 22.3 Å². The first kappa shape index (κ1) is 16.3. The largest absolute Gasteiger partial charge is 0.497 e. The fraction of sp³-hybridized carbons (Fsp3) is 0.167. The van der Waals surface area contributed by atoms with Crippen molar-refractivity contribution in [2.45, 2.75) is 0 Å². The number of nitrogens with zero attached hydrogens (tertiary/aromatic N) is 4. The Labute approximate surface area is 153 Å². The van der Waals surface area contributed by atoms with Crippen molar-refractivity contribution in [3.05, 3.63) is 42.5 Å². The van der Waals surface area contributed by atoms with Crippen LogP contribution in [0.3, 0.4) is 0 Å². The Balaban J connectivity index is 1.82. The van der Waals surface area contributed by atoms with Gasteiger partial charge in [-0.3, -0.25) is 0 Å². The zero-order valence-electron chi connectivity index (χ0n) is 14.5. The Hall–Kier alpha value is -3.13. The molecule has 0 saturated carbocycles. The molecule has 2 heterocycles. The van der Waals surface area contributed by atoms with Crippen LogP contribution in [-0.4, -0.2) is 41.1 Å². The summed E-state index contributed by atoms with van der Waals surface area (Å²) in [5.74, 6) is 2.77. The van der Waals surface area contributed by atoms with Gasteiger partial charge >= 0.3 is 0 Å². The zero-order valence-corrected chi connectivity index (χ0v) is 15.3. The standard InChI is InChI=1S/C18H16N4O3S/c1-23-13-6-4-5-11(7-13)17-21-22-16(19-20-18(22)26-17)12-8-14(24-2)10-15(9-12)25-3/h4-10H,1-3H3. The molecular formula is C18H16N4O3S. The van der Waals surface area contributed by atoms with E-state index < -0.39 is 0 Å². The SMILES string of the molecule is COc1cccc(-c2nn3c(-c4cc(OC)cc(OC)c4)nnc3s2)c1. The molecular weight excluding hydrogens is 352 g/mol. The van der Waals surface area contributed by atoms with Gasteiger partial charge in [-0.1, -0.05) is 23.5 Å². The molecule has 0 amide bonds. The number of rotatable bonds is 5. The molecule has 2 aromatic carbocycles. The van der Waals surface area contributed by atoms with Gasteiger partial charge in [0.25, 0.3) is 0 Å². The first-order valence-corrected chi connectivity index (χ1v) is 8.63. The van der Waals surface area contributed by atoms with Crippen LogP contribution in [0.15, 0.2) is 42.5 Å². The minimum atomic E-state index is 0.627. The van der Waals surface area contributed by atoms with Gasteiger partial charge in [-0.05, 0) is 24.3 Å². The van der Waals surface area contributed by atoms with Crippen LogP contribution >= 0.6 is 11.3 Å². The molecule has 0 bridgehead atoms. The van der Waals surface area contributed by atoms with E-state index in [0.29, 0.717) is 22.3 Å². The summed E-state index contributed by atoms with van der Waals surface area (Å²) < 4.78 is 17.7. The van der Waals surface area contributed by atoms with E-state index in [1.165, 1.54) is 11.3 Å². The lowest BCUT2D eigenvalue weighted by Gasteiger charge is -2.06. The number of hydrogen-bond acceptors (Lipinski definition) is 7. The van der Waals surface area contributed by atoms with Crippen molar-refractivity contribution in [3.8, 4) is 39.2 Å². The van der Waals surface area contributed by atoms with Crippen LogP contribution in [-0.2, 0) is 0 Å². The summed E-state index contributed by atoms with van der Waals surface area (Å²) in [7, 11) is 4.87. The highest BCUT2D eigenvalue weighted by Crippen LogP contribution is 2.32. The molecule has 0 atom stereocenters. The highest BCUT2D eigenvalue weighted by atomic mass is 32.1. The van der Waals surface area contributed by atoms with E-state index in [2.05, 4.69) is 15.3 Å². The Morgan fingerprint density at radius 2 is 1.50 bits per heavy atom. The number of aromatic nitrogens is 4. The number of ether oxygens (including phenoxy) is 3. The molecule has 7 nitrogen and oxygen atoms in total. The van der Waals surface area contributed by atoms with Crippen molar-refractivity contribution in [1.82, 2.24) is 19.8 Å². The molecule has 4 aromatic rings. The van der Waals surface area contributed by atoms with E-state index >= 15 is 0 Å². The third-order valence-corrected chi connectivity index (χ3v) is 4.87. The fourth-order valence-corrected chi connectivity index (χ4v) is 3.44. The number of methoxy groups -OCH3 is 3. The van der Waals surface area contributed by atoms with Gasteiger partial charge in [0.05, 0.1) is 21.3 Å². The molecule has 0 fully saturated rings. The molecule has 0 aliphatic rings. The minimum Gasteiger partial charge on any atom is -0.497 e. The van der Waals surface area contributed by atoms with Gasteiger partial charge in [0.2, 0.25) is 4.96 Å². The predicted octanol–water partition coefficient (Wildman–Crippen LogP) is 3.55. The number of hydrogen-bond donors (Lipinski definition) is 0. The number of fused-ring (bicyclic) bond motifs is 1. The Bertz CT molecular complexity index is 1050. The maximum atomic E-state index is 5.34. The molecule has 0 N–H and O–H groups in total. The van der Waals surface area contributed by atoms with E-state index in [9.17, 15) is 0 Å². The highest BCUT2D eigenvalue weighted by Gasteiger charge is 2.16. The van der Waals surface area contributed by atoms with E-state index in [-0.39, 0.29) is 0 Å². The van der Waals surface area contributed by atoms with Crippen LogP contribution in [0.4, 0.5) is 0 Å². The maximum Gasteiger partial charge on any atom is 0.235 e. The van der Waals surface area contributed by atoms with Crippen molar-refractivity contribution in [3.63, 3.8) is 0 Å². The molecule has 0 saturated heterocycles.